The number of nitrogens with two attached hydrogens (primary N) is 2. The van der Waals surface area contributed by atoms with Crippen molar-refractivity contribution >= 4 is 36.5 Å². The van der Waals surface area contributed by atoms with Gasteiger partial charge < -0.3 is 39.9 Å². The Balaban J connectivity index is 0.00000578. The van der Waals surface area contributed by atoms with Gasteiger partial charge in [-0.25, -0.2) is 0 Å². The molecule has 0 heterocycles. The second kappa shape index (κ2) is 15.6. The number of nitrogens with one attached hydrogen (secondary N) is 2. The van der Waals surface area contributed by atoms with Gasteiger partial charge >= 0.3 is 0 Å². The van der Waals surface area contributed by atoms with E-state index in [4.69, 9.17) is 50.7 Å². The van der Waals surface area contributed by atoms with Gasteiger partial charge in [0, 0.05) is 11.1 Å². The highest BCUT2D eigenvalue weighted by molar-refractivity contribution is 5.96. The highest BCUT2D eigenvalue weighted by atomic mass is 35.5. The van der Waals surface area contributed by atoms with Crippen molar-refractivity contribution in [3.63, 3.8) is 0 Å². The van der Waals surface area contributed by atoms with Crippen molar-refractivity contribution in [1.29, 1.82) is 10.8 Å². The second-order valence-electron chi connectivity index (χ2n) is 7.00. The van der Waals surface area contributed by atoms with Crippen LogP contribution in [0.2, 0.25) is 0 Å². The van der Waals surface area contributed by atoms with Crippen LogP contribution in [0.1, 0.15) is 30.4 Å². The molecule has 0 saturated carbocycles. The number of halogens is 2. The van der Waals surface area contributed by atoms with Gasteiger partial charge in [-0.15, -0.1) is 24.8 Å². The fourth-order valence-electron chi connectivity index (χ4n) is 3.08. The van der Waals surface area contributed by atoms with Crippen LogP contribution in [0.5, 0.6) is 34.5 Å². The molecule has 0 spiro atoms. The van der Waals surface area contributed by atoms with Crippen molar-refractivity contribution in [2.24, 2.45) is 11.5 Å². The van der Waals surface area contributed by atoms with E-state index in [1.807, 2.05) is 0 Å². The SMILES string of the molecule is COc1cc(C(=N)N)cc(OC)c1OCCCCCOc1c(OC)cc(C(=N)N)cc1OC.Cl.Cl. The van der Waals surface area contributed by atoms with Crippen LogP contribution in [-0.4, -0.2) is 53.3 Å². The summed E-state index contributed by atoms with van der Waals surface area (Å²) < 4.78 is 33.2. The lowest BCUT2D eigenvalue weighted by molar-refractivity contribution is 0.249. The standard InChI is InChI=1S/C23H32N4O6.2ClH/c1-28-16-10-14(22(24)25)11-17(29-2)20(16)32-8-6-5-7-9-33-21-18(30-3)12-15(23(26)27)13-19(21)31-4;;/h10-13H,5-9H2,1-4H3,(H3,24,25)(H3,26,27);2*1H. The van der Waals surface area contributed by atoms with Crippen LogP contribution < -0.4 is 39.9 Å². The minimum Gasteiger partial charge on any atom is -0.493 e. The van der Waals surface area contributed by atoms with Crippen LogP contribution in [0, 0.1) is 10.8 Å². The topological polar surface area (TPSA) is 155 Å². The average molecular weight is 533 g/mol. The number of amidine groups is 2. The molecule has 196 valence electrons. The molecule has 0 saturated heterocycles. The maximum atomic E-state index is 7.61. The zero-order chi connectivity index (χ0) is 24.4. The summed E-state index contributed by atoms with van der Waals surface area (Å²) in [6.45, 7) is 0.901. The quantitative estimate of drug-likeness (QED) is 0.163. The van der Waals surface area contributed by atoms with E-state index in [0.29, 0.717) is 58.8 Å². The van der Waals surface area contributed by atoms with Crippen LogP contribution in [0.3, 0.4) is 0 Å². The monoisotopic (exact) mass is 532 g/mol. The zero-order valence-corrected chi connectivity index (χ0v) is 21.9. The Bertz CT molecular complexity index is 863. The first kappa shape index (κ1) is 31.8. The molecule has 6 N–H and O–H groups in total. The Labute approximate surface area is 218 Å². The van der Waals surface area contributed by atoms with Gasteiger partial charge in [0.05, 0.1) is 41.7 Å². The fraction of sp³-hybridized carbons (Fsp3) is 0.391. The summed E-state index contributed by atoms with van der Waals surface area (Å²) in [4.78, 5) is 0. The molecule has 0 atom stereocenters. The summed E-state index contributed by atoms with van der Waals surface area (Å²) in [6, 6.07) is 6.58. The lowest BCUT2D eigenvalue weighted by Gasteiger charge is -2.16. The van der Waals surface area contributed by atoms with Crippen LogP contribution in [0.4, 0.5) is 0 Å². The highest BCUT2D eigenvalue weighted by Gasteiger charge is 2.16. The Kier molecular flexibility index (Phi) is 14.2. The molecule has 2 aromatic rings. The van der Waals surface area contributed by atoms with E-state index in [-0.39, 0.29) is 36.5 Å². The third-order valence-corrected chi connectivity index (χ3v) is 4.82. The van der Waals surface area contributed by atoms with Gasteiger partial charge in [0.25, 0.3) is 0 Å². The molecular formula is C23H34Cl2N4O6. The summed E-state index contributed by atoms with van der Waals surface area (Å²) in [6.07, 6.45) is 2.41. The Hall–Kier alpha value is -3.24. The first-order valence-electron chi connectivity index (χ1n) is 10.3. The summed E-state index contributed by atoms with van der Waals surface area (Å²) >= 11 is 0. The smallest absolute Gasteiger partial charge is 0.203 e. The van der Waals surface area contributed by atoms with E-state index in [1.54, 1.807) is 24.3 Å². The van der Waals surface area contributed by atoms with Crippen molar-refractivity contribution in [2.45, 2.75) is 19.3 Å². The van der Waals surface area contributed by atoms with Crippen LogP contribution >= 0.6 is 24.8 Å². The fourth-order valence-corrected chi connectivity index (χ4v) is 3.08. The van der Waals surface area contributed by atoms with Crippen molar-refractivity contribution < 1.29 is 28.4 Å². The average Bonchev–Trinajstić information content (AvgIpc) is 2.82. The summed E-state index contributed by atoms with van der Waals surface area (Å²) in [5, 5.41) is 15.2. The van der Waals surface area contributed by atoms with Crippen molar-refractivity contribution in [3.8, 4) is 34.5 Å². The summed E-state index contributed by atoms with van der Waals surface area (Å²) in [5.41, 5.74) is 12.1. The van der Waals surface area contributed by atoms with Gasteiger partial charge in [0.2, 0.25) is 11.5 Å². The summed E-state index contributed by atoms with van der Waals surface area (Å²) in [7, 11) is 6.09. The molecule has 12 heteroatoms. The van der Waals surface area contributed by atoms with Crippen molar-refractivity contribution in [2.75, 3.05) is 41.7 Å². The predicted octanol–water partition coefficient (Wildman–Crippen LogP) is 3.76. The largest absolute Gasteiger partial charge is 0.493 e. The third-order valence-electron chi connectivity index (χ3n) is 4.82. The zero-order valence-electron chi connectivity index (χ0n) is 20.3. The van der Waals surface area contributed by atoms with E-state index >= 15 is 0 Å². The number of rotatable bonds is 14. The molecule has 2 rings (SSSR count). The number of methoxy groups -OCH3 is 4. The molecule has 2 aromatic carbocycles. The van der Waals surface area contributed by atoms with E-state index < -0.39 is 0 Å². The Morgan fingerprint density at radius 3 is 1.11 bits per heavy atom. The third kappa shape index (κ3) is 8.48. The van der Waals surface area contributed by atoms with Gasteiger partial charge in [-0.1, -0.05) is 0 Å². The molecule has 0 unspecified atom stereocenters. The molecule has 0 aromatic heterocycles. The number of hydrogen-bond acceptors (Lipinski definition) is 8. The van der Waals surface area contributed by atoms with E-state index in [9.17, 15) is 0 Å². The minimum atomic E-state index is -0.0812. The normalized spacial score (nSPS) is 9.71. The molecule has 0 aliphatic carbocycles. The lowest BCUT2D eigenvalue weighted by Crippen LogP contribution is -2.12. The molecule has 0 radical (unpaired) electrons. The minimum absolute atomic E-state index is 0. The van der Waals surface area contributed by atoms with Gasteiger partial charge in [-0.3, -0.25) is 10.8 Å². The molecule has 0 bridgehead atoms. The van der Waals surface area contributed by atoms with Crippen molar-refractivity contribution in [1.82, 2.24) is 0 Å². The highest BCUT2D eigenvalue weighted by Crippen LogP contribution is 2.39. The van der Waals surface area contributed by atoms with Crippen LogP contribution in [0.15, 0.2) is 24.3 Å². The van der Waals surface area contributed by atoms with Gasteiger partial charge in [-0.2, -0.15) is 0 Å². The lowest BCUT2D eigenvalue weighted by atomic mass is 10.1. The first-order chi connectivity index (χ1) is 15.9. The Morgan fingerprint density at radius 1 is 0.600 bits per heavy atom. The molecule has 0 aliphatic heterocycles. The number of unbranched alkanes of at least 4 members (excludes halogenated alkanes) is 2. The van der Waals surface area contributed by atoms with Crippen LogP contribution in [0.25, 0.3) is 0 Å². The maximum Gasteiger partial charge on any atom is 0.203 e. The molecule has 0 amide bonds. The second-order valence-corrected chi connectivity index (χ2v) is 7.00. The van der Waals surface area contributed by atoms with E-state index in [2.05, 4.69) is 0 Å². The maximum absolute atomic E-state index is 7.61. The number of nitrogen functional groups attached to an aromatic ring is 2. The first-order valence-corrected chi connectivity index (χ1v) is 10.3. The van der Waals surface area contributed by atoms with Gasteiger partial charge in [0.1, 0.15) is 11.7 Å². The Morgan fingerprint density at radius 2 is 0.886 bits per heavy atom. The van der Waals surface area contributed by atoms with E-state index in [0.717, 1.165) is 19.3 Å². The van der Waals surface area contributed by atoms with Crippen molar-refractivity contribution in [3.05, 3.63) is 35.4 Å². The summed E-state index contributed by atoms with van der Waals surface area (Å²) in [5.74, 6) is 2.60. The van der Waals surface area contributed by atoms with Crippen LogP contribution in [-0.2, 0) is 0 Å². The number of benzene rings is 2. The molecule has 35 heavy (non-hydrogen) atoms. The molecular weight excluding hydrogens is 499 g/mol. The van der Waals surface area contributed by atoms with E-state index in [1.165, 1.54) is 28.4 Å². The number of ether oxygens (including phenoxy) is 6. The molecule has 0 fully saturated rings. The van der Waals surface area contributed by atoms with Gasteiger partial charge in [-0.05, 0) is 43.5 Å². The van der Waals surface area contributed by atoms with Gasteiger partial charge in [0.15, 0.2) is 23.0 Å². The number of hydrogen-bond donors (Lipinski definition) is 4. The molecule has 0 aliphatic rings. The predicted molar refractivity (Wildman–Crippen MR) is 140 cm³/mol. The molecule has 10 nitrogen and oxygen atoms in total.